The Balaban J connectivity index is 1.60. The second kappa shape index (κ2) is 6.57. The van der Waals surface area contributed by atoms with Gasteiger partial charge in [-0.25, -0.2) is 4.98 Å². The van der Waals surface area contributed by atoms with Gasteiger partial charge in [0.05, 0.1) is 13.2 Å². The number of fused-ring (bicyclic) bond motifs is 1. The highest BCUT2D eigenvalue weighted by molar-refractivity contribution is 5.36. The van der Waals surface area contributed by atoms with E-state index >= 15 is 0 Å². The molecule has 0 radical (unpaired) electrons. The molecule has 0 amide bonds. The van der Waals surface area contributed by atoms with E-state index in [0.717, 1.165) is 37.6 Å². The summed E-state index contributed by atoms with van der Waals surface area (Å²) >= 11 is 0. The predicted molar refractivity (Wildman–Crippen MR) is 81.4 cm³/mol. The van der Waals surface area contributed by atoms with Crippen LogP contribution in [0.4, 0.5) is 0 Å². The fourth-order valence-electron chi connectivity index (χ4n) is 2.53. The summed E-state index contributed by atoms with van der Waals surface area (Å²) in [7, 11) is 0. The monoisotopic (exact) mass is 281 g/mol. The highest BCUT2D eigenvalue weighted by Crippen LogP contribution is 2.14. The Labute approximate surface area is 125 Å². The van der Waals surface area contributed by atoms with Crippen LogP contribution in [0.25, 0.3) is 0 Å². The summed E-state index contributed by atoms with van der Waals surface area (Å²) in [6.07, 6.45) is 4.45. The minimum Gasteiger partial charge on any atom is -0.395 e. The third-order valence-corrected chi connectivity index (χ3v) is 3.65. The molecule has 0 saturated carbocycles. The zero-order chi connectivity index (χ0) is 14.5. The summed E-state index contributed by atoms with van der Waals surface area (Å²) in [6, 6.07) is 8.35. The van der Waals surface area contributed by atoms with Crippen molar-refractivity contribution in [2.45, 2.75) is 26.1 Å². The molecule has 0 atom stereocenters. The molecule has 1 aliphatic rings. The number of hydrogen-bond donors (Lipinski definition) is 1. The second-order valence-corrected chi connectivity index (χ2v) is 5.22. The molecular formula is C17H19N3O. The highest BCUT2D eigenvalue weighted by atomic mass is 16.2. The van der Waals surface area contributed by atoms with Gasteiger partial charge in [-0.1, -0.05) is 24.0 Å². The average molecular weight is 281 g/mol. The van der Waals surface area contributed by atoms with Crippen LogP contribution in [-0.2, 0) is 19.6 Å². The summed E-state index contributed by atoms with van der Waals surface area (Å²) in [4.78, 5) is 6.80. The lowest BCUT2D eigenvalue weighted by Gasteiger charge is -2.27. The molecule has 4 heteroatoms. The van der Waals surface area contributed by atoms with Crippen LogP contribution in [0.3, 0.4) is 0 Å². The van der Waals surface area contributed by atoms with Crippen LogP contribution in [0, 0.1) is 11.8 Å². The van der Waals surface area contributed by atoms with Crippen LogP contribution < -0.4 is 0 Å². The van der Waals surface area contributed by atoms with Gasteiger partial charge in [0.15, 0.2) is 0 Å². The van der Waals surface area contributed by atoms with Gasteiger partial charge < -0.3 is 9.67 Å². The summed E-state index contributed by atoms with van der Waals surface area (Å²) in [5, 5.41) is 8.71. The van der Waals surface area contributed by atoms with Crippen molar-refractivity contribution in [3.63, 3.8) is 0 Å². The fraction of sp³-hybridized carbons (Fsp3) is 0.353. The molecule has 108 valence electrons. The molecule has 1 N–H and O–H groups in total. The molecule has 1 aromatic carbocycles. The maximum atomic E-state index is 8.71. The van der Waals surface area contributed by atoms with Gasteiger partial charge >= 0.3 is 0 Å². The van der Waals surface area contributed by atoms with E-state index in [9.17, 15) is 0 Å². The smallest absolute Gasteiger partial charge is 0.122 e. The Hall–Kier alpha value is -2.09. The molecule has 2 aromatic rings. The van der Waals surface area contributed by atoms with E-state index in [1.165, 1.54) is 5.56 Å². The number of hydrogen-bond acceptors (Lipinski definition) is 3. The van der Waals surface area contributed by atoms with Crippen LogP contribution >= 0.6 is 0 Å². The van der Waals surface area contributed by atoms with Gasteiger partial charge in [0.25, 0.3) is 0 Å². The number of nitrogens with zero attached hydrogens (tertiary/aromatic N) is 3. The highest BCUT2D eigenvalue weighted by Gasteiger charge is 2.16. The van der Waals surface area contributed by atoms with Crippen LogP contribution in [0.2, 0.25) is 0 Å². The van der Waals surface area contributed by atoms with E-state index in [1.54, 1.807) is 0 Å². The van der Waals surface area contributed by atoms with E-state index < -0.39 is 0 Å². The van der Waals surface area contributed by atoms with E-state index in [-0.39, 0.29) is 6.61 Å². The molecule has 3 rings (SSSR count). The topological polar surface area (TPSA) is 41.3 Å². The SMILES string of the molecule is OCCC#Cc1ccc(CN2CCn3ccnc3C2)cc1. The van der Waals surface area contributed by atoms with Gasteiger partial charge in [-0.05, 0) is 17.7 Å². The number of aliphatic hydroxyl groups excluding tert-OH is 1. The molecule has 2 heterocycles. The first-order valence-electron chi connectivity index (χ1n) is 7.26. The molecule has 0 fully saturated rings. The number of benzene rings is 1. The summed E-state index contributed by atoms with van der Waals surface area (Å²) < 4.78 is 2.22. The predicted octanol–water partition coefficient (Wildman–Crippen LogP) is 1.63. The van der Waals surface area contributed by atoms with Gasteiger partial charge in [0, 0.05) is 44.0 Å². The van der Waals surface area contributed by atoms with Crippen molar-refractivity contribution < 1.29 is 5.11 Å². The quantitative estimate of drug-likeness (QED) is 0.870. The third-order valence-electron chi connectivity index (χ3n) is 3.65. The lowest BCUT2D eigenvalue weighted by Crippen LogP contribution is -2.33. The minimum atomic E-state index is 0.121. The van der Waals surface area contributed by atoms with Gasteiger partial charge in [-0.3, -0.25) is 4.90 Å². The average Bonchev–Trinajstić information content (AvgIpc) is 2.97. The van der Waals surface area contributed by atoms with Gasteiger partial charge in [0.1, 0.15) is 5.82 Å². The summed E-state index contributed by atoms with van der Waals surface area (Å²) in [5.74, 6) is 7.13. The zero-order valence-electron chi connectivity index (χ0n) is 12.0. The molecule has 0 unspecified atom stereocenters. The number of rotatable bonds is 3. The van der Waals surface area contributed by atoms with Gasteiger partial charge in [-0.2, -0.15) is 0 Å². The molecule has 0 bridgehead atoms. The minimum absolute atomic E-state index is 0.121. The standard InChI is InChI=1S/C17H19N3O/c21-12-2-1-3-15-4-6-16(7-5-15)13-19-10-11-20-9-8-18-17(20)14-19/h4-9,21H,2,10-14H2. The Morgan fingerprint density at radius 1 is 1.19 bits per heavy atom. The lowest BCUT2D eigenvalue weighted by molar-refractivity contribution is 0.209. The molecule has 0 saturated heterocycles. The molecule has 0 aliphatic carbocycles. The van der Waals surface area contributed by atoms with Gasteiger partial charge in [-0.15, -0.1) is 0 Å². The Morgan fingerprint density at radius 3 is 2.86 bits per heavy atom. The van der Waals surface area contributed by atoms with E-state index in [2.05, 4.69) is 38.4 Å². The van der Waals surface area contributed by atoms with Crippen molar-refractivity contribution in [3.8, 4) is 11.8 Å². The van der Waals surface area contributed by atoms with Crippen molar-refractivity contribution in [3.05, 3.63) is 53.6 Å². The van der Waals surface area contributed by atoms with Crippen LogP contribution in [0.15, 0.2) is 36.7 Å². The molecule has 0 spiro atoms. The van der Waals surface area contributed by atoms with Crippen LogP contribution in [0.1, 0.15) is 23.4 Å². The van der Waals surface area contributed by atoms with Crippen molar-refractivity contribution in [2.75, 3.05) is 13.2 Å². The Kier molecular flexibility index (Phi) is 4.34. The summed E-state index contributed by atoms with van der Waals surface area (Å²) in [6.45, 7) is 4.04. The van der Waals surface area contributed by atoms with Crippen LogP contribution in [-0.4, -0.2) is 32.7 Å². The number of imidazole rings is 1. The second-order valence-electron chi connectivity index (χ2n) is 5.22. The van der Waals surface area contributed by atoms with Crippen molar-refractivity contribution in [1.82, 2.24) is 14.5 Å². The third kappa shape index (κ3) is 3.52. The van der Waals surface area contributed by atoms with Crippen molar-refractivity contribution in [1.29, 1.82) is 0 Å². The Bertz CT molecular complexity index is 649. The lowest BCUT2D eigenvalue weighted by atomic mass is 10.1. The Morgan fingerprint density at radius 2 is 2.05 bits per heavy atom. The molecular weight excluding hydrogens is 262 g/mol. The van der Waals surface area contributed by atoms with Crippen LogP contribution in [0.5, 0.6) is 0 Å². The van der Waals surface area contributed by atoms with Gasteiger partial charge in [0.2, 0.25) is 0 Å². The first kappa shape index (κ1) is 13.9. The van der Waals surface area contributed by atoms with E-state index in [1.807, 2.05) is 24.5 Å². The first-order chi connectivity index (χ1) is 10.3. The van der Waals surface area contributed by atoms with E-state index in [4.69, 9.17) is 5.11 Å². The normalized spacial score (nSPS) is 14.3. The maximum Gasteiger partial charge on any atom is 0.122 e. The largest absolute Gasteiger partial charge is 0.395 e. The van der Waals surface area contributed by atoms with Crippen molar-refractivity contribution in [2.24, 2.45) is 0 Å². The molecule has 1 aliphatic heterocycles. The number of aromatic nitrogens is 2. The summed E-state index contributed by atoms with van der Waals surface area (Å²) in [5.41, 5.74) is 2.30. The van der Waals surface area contributed by atoms with E-state index in [0.29, 0.717) is 6.42 Å². The van der Waals surface area contributed by atoms with Crippen molar-refractivity contribution >= 4 is 0 Å². The maximum absolute atomic E-state index is 8.71. The molecule has 4 nitrogen and oxygen atoms in total. The first-order valence-corrected chi connectivity index (χ1v) is 7.26. The molecule has 21 heavy (non-hydrogen) atoms. The number of aliphatic hydroxyl groups is 1. The zero-order valence-corrected chi connectivity index (χ0v) is 12.0. The fourth-order valence-corrected chi connectivity index (χ4v) is 2.53. The molecule has 1 aromatic heterocycles.